The van der Waals surface area contributed by atoms with Crippen molar-refractivity contribution in [3.8, 4) is 0 Å². The Morgan fingerprint density at radius 3 is 2.74 bits per heavy atom. The molecule has 1 saturated carbocycles. The molecular weight excluding hydrogens is 401 g/mol. The minimum absolute atomic E-state index is 0. The average Bonchev–Trinajstić information content (AvgIpc) is 3.09. The van der Waals surface area contributed by atoms with Gasteiger partial charge in [0.15, 0.2) is 5.96 Å². The summed E-state index contributed by atoms with van der Waals surface area (Å²) in [6, 6.07) is 0. The van der Waals surface area contributed by atoms with Gasteiger partial charge in [-0.25, -0.2) is 4.98 Å². The number of imidazole rings is 1. The zero-order valence-corrected chi connectivity index (χ0v) is 16.8. The van der Waals surface area contributed by atoms with Crippen molar-refractivity contribution >= 4 is 29.9 Å². The van der Waals surface area contributed by atoms with Crippen LogP contribution < -0.4 is 5.32 Å². The molecule has 0 amide bonds. The second kappa shape index (κ2) is 8.35. The molecule has 1 spiro atoms. The topological polar surface area (TPSA) is 45.5 Å². The Bertz CT molecular complexity index is 521. The van der Waals surface area contributed by atoms with Gasteiger partial charge in [-0.15, -0.1) is 24.0 Å². The molecule has 3 rings (SSSR count). The summed E-state index contributed by atoms with van der Waals surface area (Å²) >= 11 is 0. The van der Waals surface area contributed by atoms with E-state index in [1.54, 1.807) is 0 Å². The van der Waals surface area contributed by atoms with Crippen LogP contribution >= 0.6 is 24.0 Å². The second-order valence-corrected chi connectivity index (χ2v) is 6.87. The number of aromatic nitrogens is 2. The molecule has 2 aliphatic rings. The summed E-state index contributed by atoms with van der Waals surface area (Å²) in [4.78, 5) is 11.2. The summed E-state index contributed by atoms with van der Waals surface area (Å²) in [6.07, 6.45) is 11.9. The fourth-order valence-corrected chi connectivity index (χ4v) is 3.78. The van der Waals surface area contributed by atoms with E-state index in [9.17, 15) is 0 Å². The summed E-state index contributed by atoms with van der Waals surface area (Å²) in [5.41, 5.74) is 0.635. The van der Waals surface area contributed by atoms with Crippen LogP contribution in [0.1, 0.15) is 44.3 Å². The maximum Gasteiger partial charge on any atom is 0.193 e. The normalized spacial score (nSPS) is 19.6. The van der Waals surface area contributed by atoms with Crippen molar-refractivity contribution < 1.29 is 0 Å². The van der Waals surface area contributed by atoms with E-state index in [1.165, 1.54) is 45.2 Å². The van der Waals surface area contributed by atoms with Crippen molar-refractivity contribution in [3.05, 3.63) is 18.2 Å². The zero-order valence-electron chi connectivity index (χ0n) is 14.4. The van der Waals surface area contributed by atoms with Gasteiger partial charge in [0, 0.05) is 45.6 Å². The lowest BCUT2D eigenvalue weighted by molar-refractivity contribution is 0.151. The van der Waals surface area contributed by atoms with Crippen LogP contribution in [0.5, 0.6) is 0 Å². The molecule has 130 valence electrons. The molecule has 1 aromatic heterocycles. The first-order valence-electron chi connectivity index (χ1n) is 8.66. The van der Waals surface area contributed by atoms with Crippen molar-refractivity contribution in [1.82, 2.24) is 19.8 Å². The van der Waals surface area contributed by atoms with E-state index in [0.717, 1.165) is 31.3 Å². The number of nitrogens with one attached hydrogen (secondary N) is 1. The van der Waals surface area contributed by atoms with Gasteiger partial charge in [-0.2, -0.15) is 0 Å². The number of hydrogen-bond acceptors (Lipinski definition) is 2. The van der Waals surface area contributed by atoms with Crippen LogP contribution in [0.25, 0.3) is 0 Å². The number of unbranched alkanes of at least 4 members (excludes halogenated alkanes) is 1. The van der Waals surface area contributed by atoms with E-state index in [-0.39, 0.29) is 24.0 Å². The second-order valence-electron chi connectivity index (χ2n) is 6.87. The summed E-state index contributed by atoms with van der Waals surface area (Å²) in [6.45, 7) is 6.50. The predicted octanol–water partition coefficient (Wildman–Crippen LogP) is 3.04. The zero-order chi connectivity index (χ0) is 15.4. The monoisotopic (exact) mass is 431 g/mol. The lowest BCUT2D eigenvalue weighted by atomic mass is 9.68. The van der Waals surface area contributed by atoms with Crippen LogP contribution in [-0.4, -0.2) is 47.1 Å². The summed E-state index contributed by atoms with van der Waals surface area (Å²) in [7, 11) is 1.91. The van der Waals surface area contributed by atoms with Crippen LogP contribution in [-0.2, 0) is 6.54 Å². The third-order valence-electron chi connectivity index (χ3n) is 5.40. The number of rotatable bonds is 5. The van der Waals surface area contributed by atoms with Crippen molar-refractivity contribution in [2.45, 2.75) is 52.0 Å². The molecular formula is C17H30IN5. The summed E-state index contributed by atoms with van der Waals surface area (Å²) in [5.74, 6) is 2.20. The minimum atomic E-state index is 0. The van der Waals surface area contributed by atoms with Gasteiger partial charge in [-0.1, -0.05) is 6.42 Å². The predicted molar refractivity (Wildman–Crippen MR) is 105 cm³/mol. The lowest BCUT2D eigenvalue weighted by Gasteiger charge is -2.38. The molecule has 1 aliphatic carbocycles. The van der Waals surface area contributed by atoms with E-state index in [0.29, 0.717) is 5.41 Å². The lowest BCUT2D eigenvalue weighted by Crippen LogP contribution is -2.42. The quantitative estimate of drug-likeness (QED) is 0.338. The summed E-state index contributed by atoms with van der Waals surface area (Å²) in [5, 5.41) is 3.54. The SMILES string of the molecule is CN=C(NCCCCn1ccnc1C)N1CCC2(CCC2)C1.I. The molecule has 0 atom stereocenters. The highest BCUT2D eigenvalue weighted by Crippen LogP contribution is 2.47. The number of halogens is 1. The van der Waals surface area contributed by atoms with Crippen molar-refractivity contribution in [3.63, 3.8) is 0 Å². The number of aryl methyl sites for hydroxylation is 2. The van der Waals surface area contributed by atoms with Crippen LogP contribution in [0.3, 0.4) is 0 Å². The van der Waals surface area contributed by atoms with Crippen molar-refractivity contribution in [2.24, 2.45) is 10.4 Å². The highest BCUT2D eigenvalue weighted by Gasteiger charge is 2.43. The molecule has 1 N–H and O–H groups in total. The molecule has 2 fully saturated rings. The van der Waals surface area contributed by atoms with Gasteiger partial charge in [0.1, 0.15) is 5.82 Å². The third kappa shape index (κ3) is 4.39. The van der Waals surface area contributed by atoms with E-state index in [4.69, 9.17) is 0 Å². The molecule has 23 heavy (non-hydrogen) atoms. The molecule has 2 heterocycles. The molecule has 5 nitrogen and oxygen atoms in total. The number of nitrogens with zero attached hydrogens (tertiary/aromatic N) is 4. The van der Waals surface area contributed by atoms with Crippen LogP contribution in [0.15, 0.2) is 17.4 Å². The number of aliphatic imine (C=N–C) groups is 1. The number of guanidine groups is 1. The fraction of sp³-hybridized carbons (Fsp3) is 0.765. The Labute approximate surface area is 157 Å². The molecule has 0 unspecified atom stereocenters. The molecule has 0 bridgehead atoms. The Kier molecular flexibility index (Phi) is 6.73. The van der Waals surface area contributed by atoms with E-state index >= 15 is 0 Å². The standard InChI is InChI=1S/C17H29N5.HI/c1-15-19-10-13-21(15)11-4-3-9-20-16(18-2)22-12-8-17(14-22)6-5-7-17;/h10,13H,3-9,11-12,14H2,1-2H3,(H,18,20);1H. The van der Waals surface area contributed by atoms with Gasteiger partial charge >= 0.3 is 0 Å². The molecule has 0 radical (unpaired) electrons. The van der Waals surface area contributed by atoms with E-state index in [1.807, 2.05) is 13.2 Å². The molecule has 6 heteroatoms. The smallest absolute Gasteiger partial charge is 0.193 e. The maximum atomic E-state index is 4.47. The van der Waals surface area contributed by atoms with Gasteiger partial charge in [-0.05, 0) is 44.4 Å². The van der Waals surface area contributed by atoms with Gasteiger partial charge in [-0.3, -0.25) is 4.99 Å². The highest BCUT2D eigenvalue weighted by atomic mass is 127. The van der Waals surface area contributed by atoms with Gasteiger partial charge in [0.2, 0.25) is 0 Å². The number of hydrogen-bond donors (Lipinski definition) is 1. The Morgan fingerprint density at radius 2 is 2.17 bits per heavy atom. The van der Waals surface area contributed by atoms with Crippen molar-refractivity contribution in [1.29, 1.82) is 0 Å². The third-order valence-corrected chi connectivity index (χ3v) is 5.40. The summed E-state index contributed by atoms with van der Waals surface area (Å²) < 4.78 is 2.22. The first-order chi connectivity index (χ1) is 10.7. The average molecular weight is 431 g/mol. The fourth-order valence-electron chi connectivity index (χ4n) is 3.78. The molecule has 1 aliphatic heterocycles. The largest absolute Gasteiger partial charge is 0.356 e. The van der Waals surface area contributed by atoms with E-state index in [2.05, 4.69) is 37.9 Å². The Hall–Kier alpha value is -0.790. The number of likely N-dealkylation sites (tertiary alicyclic amines) is 1. The van der Waals surface area contributed by atoms with Crippen LogP contribution in [0.2, 0.25) is 0 Å². The van der Waals surface area contributed by atoms with E-state index < -0.39 is 0 Å². The molecule has 0 aromatic carbocycles. The first kappa shape index (κ1) is 18.5. The Morgan fingerprint density at radius 1 is 1.35 bits per heavy atom. The van der Waals surface area contributed by atoms with Gasteiger partial charge < -0.3 is 14.8 Å². The van der Waals surface area contributed by atoms with Gasteiger partial charge in [0.05, 0.1) is 0 Å². The molecule has 1 aromatic rings. The first-order valence-corrected chi connectivity index (χ1v) is 8.66. The van der Waals surface area contributed by atoms with Crippen molar-refractivity contribution in [2.75, 3.05) is 26.7 Å². The molecule has 1 saturated heterocycles. The Balaban J connectivity index is 0.00000192. The van der Waals surface area contributed by atoms with Crippen LogP contribution in [0, 0.1) is 12.3 Å². The minimum Gasteiger partial charge on any atom is -0.356 e. The van der Waals surface area contributed by atoms with Gasteiger partial charge in [0.25, 0.3) is 0 Å². The maximum absolute atomic E-state index is 4.47. The highest BCUT2D eigenvalue weighted by molar-refractivity contribution is 14.0. The van der Waals surface area contributed by atoms with Crippen LogP contribution in [0.4, 0.5) is 0 Å².